The number of anilines is 1. The fourth-order valence-electron chi connectivity index (χ4n) is 2.96. The number of ether oxygens (including phenoxy) is 2. The van der Waals surface area contributed by atoms with Gasteiger partial charge in [-0.25, -0.2) is 0 Å². The quantitative estimate of drug-likeness (QED) is 0.650. The fourth-order valence-corrected chi connectivity index (χ4v) is 2.96. The maximum atomic E-state index is 5.83. The molecule has 0 saturated carbocycles. The molecule has 4 nitrogen and oxygen atoms in total. The van der Waals surface area contributed by atoms with Crippen LogP contribution >= 0.6 is 0 Å². The van der Waals surface area contributed by atoms with Gasteiger partial charge in [-0.3, -0.25) is 4.90 Å². The molecule has 104 valence electrons. The van der Waals surface area contributed by atoms with Crippen molar-refractivity contribution in [1.82, 2.24) is 4.90 Å². The molecule has 3 rings (SSSR count). The van der Waals surface area contributed by atoms with E-state index >= 15 is 0 Å². The molecule has 2 heterocycles. The molecule has 2 unspecified atom stereocenters. The summed E-state index contributed by atoms with van der Waals surface area (Å²) in [6.45, 7) is 4.03. The summed E-state index contributed by atoms with van der Waals surface area (Å²) >= 11 is 0. The first-order valence-electron chi connectivity index (χ1n) is 7.16. The van der Waals surface area contributed by atoms with Crippen molar-refractivity contribution in [3.8, 4) is 5.75 Å². The number of hydrogen-bond donors (Lipinski definition) is 1. The second-order valence-corrected chi connectivity index (χ2v) is 5.49. The molecular formula is C15H22N2O2. The van der Waals surface area contributed by atoms with Crippen LogP contribution in [-0.4, -0.2) is 43.3 Å². The summed E-state index contributed by atoms with van der Waals surface area (Å²) in [5.41, 5.74) is 6.47. The molecule has 2 aliphatic heterocycles. The lowest BCUT2D eigenvalue weighted by atomic mass is 10.2. The Morgan fingerprint density at radius 2 is 2.05 bits per heavy atom. The highest BCUT2D eigenvalue weighted by atomic mass is 16.5. The number of likely N-dealkylation sites (tertiary alicyclic amines) is 1. The van der Waals surface area contributed by atoms with Gasteiger partial charge in [0.2, 0.25) is 0 Å². The molecule has 2 aliphatic rings. The third-order valence-electron chi connectivity index (χ3n) is 3.86. The van der Waals surface area contributed by atoms with Gasteiger partial charge in [0, 0.05) is 31.4 Å². The summed E-state index contributed by atoms with van der Waals surface area (Å²) in [6, 6.07) is 7.61. The molecule has 2 bridgehead atoms. The van der Waals surface area contributed by atoms with Gasteiger partial charge in [0.05, 0.1) is 18.8 Å². The summed E-state index contributed by atoms with van der Waals surface area (Å²) < 4.78 is 11.5. The van der Waals surface area contributed by atoms with E-state index in [0.717, 1.165) is 44.1 Å². The molecule has 1 aromatic rings. The monoisotopic (exact) mass is 262 g/mol. The van der Waals surface area contributed by atoms with Crippen molar-refractivity contribution < 1.29 is 9.47 Å². The lowest BCUT2D eigenvalue weighted by Gasteiger charge is -2.31. The Morgan fingerprint density at radius 1 is 1.26 bits per heavy atom. The molecule has 0 aliphatic carbocycles. The Balaban J connectivity index is 1.37. The third kappa shape index (κ3) is 3.39. The second-order valence-electron chi connectivity index (χ2n) is 5.49. The van der Waals surface area contributed by atoms with E-state index in [4.69, 9.17) is 15.2 Å². The van der Waals surface area contributed by atoms with Gasteiger partial charge in [-0.15, -0.1) is 0 Å². The predicted molar refractivity (Wildman–Crippen MR) is 75.3 cm³/mol. The summed E-state index contributed by atoms with van der Waals surface area (Å²) in [4.78, 5) is 2.51. The van der Waals surface area contributed by atoms with Crippen LogP contribution in [-0.2, 0) is 4.74 Å². The maximum absolute atomic E-state index is 5.83. The van der Waals surface area contributed by atoms with Gasteiger partial charge in [-0.1, -0.05) is 6.07 Å². The van der Waals surface area contributed by atoms with Gasteiger partial charge in [0.15, 0.2) is 0 Å². The van der Waals surface area contributed by atoms with Crippen LogP contribution in [0.4, 0.5) is 5.69 Å². The smallest absolute Gasteiger partial charge is 0.121 e. The molecule has 0 aromatic heterocycles. The van der Waals surface area contributed by atoms with E-state index < -0.39 is 0 Å². The molecule has 1 aromatic carbocycles. The van der Waals surface area contributed by atoms with Gasteiger partial charge in [-0.05, 0) is 31.4 Å². The number of benzene rings is 1. The summed E-state index contributed by atoms with van der Waals surface area (Å²) in [5.74, 6) is 0.863. The van der Waals surface area contributed by atoms with Crippen LogP contribution < -0.4 is 10.5 Å². The Kier molecular flexibility index (Phi) is 3.89. The van der Waals surface area contributed by atoms with Crippen molar-refractivity contribution in [1.29, 1.82) is 0 Å². The van der Waals surface area contributed by atoms with Crippen LogP contribution in [0, 0.1) is 0 Å². The van der Waals surface area contributed by atoms with E-state index in [2.05, 4.69) is 4.90 Å². The number of fused-ring (bicyclic) bond motifs is 2. The first kappa shape index (κ1) is 12.8. The fraction of sp³-hybridized carbons (Fsp3) is 0.600. The van der Waals surface area contributed by atoms with Crippen molar-refractivity contribution in [3.63, 3.8) is 0 Å². The van der Waals surface area contributed by atoms with Crippen molar-refractivity contribution >= 4 is 5.69 Å². The van der Waals surface area contributed by atoms with E-state index in [0.29, 0.717) is 12.2 Å². The zero-order valence-electron chi connectivity index (χ0n) is 11.3. The van der Waals surface area contributed by atoms with Gasteiger partial charge in [-0.2, -0.15) is 0 Å². The minimum absolute atomic E-state index is 0.480. The number of hydrogen-bond acceptors (Lipinski definition) is 4. The molecular weight excluding hydrogens is 240 g/mol. The van der Waals surface area contributed by atoms with Crippen molar-refractivity contribution in [2.24, 2.45) is 0 Å². The van der Waals surface area contributed by atoms with Gasteiger partial charge in [0.1, 0.15) is 5.75 Å². The number of nitrogens with two attached hydrogens (primary N) is 1. The second kappa shape index (κ2) is 5.80. The Labute approximate surface area is 114 Å². The van der Waals surface area contributed by atoms with E-state index in [9.17, 15) is 0 Å². The molecule has 2 N–H and O–H groups in total. The molecule has 2 saturated heterocycles. The maximum Gasteiger partial charge on any atom is 0.121 e. The number of rotatable bonds is 5. The largest absolute Gasteiger partial charge is 0.493 e. The number of morpholine rings is 1. The van der Waals surface area contributed by atoms with Crippen molar-refractivity contribution in [2.75, 3.05) is 32.0 Å². The summed E-state index contributed by atoms with van der Waals surface area (Å²) in [7, 11) is 0. The molecule has 0 amide bonds. The molecule has 2 fully saturated rings. The normalized spacial score (nSPS) is 26.5. The Morgan fingerprint density at radius 3 is 2.79 bits per heavy atom. The third-order valence-corrected chi connectivity index (χ3v) is 3.86. The average molecular weight is 262 g/mol. The highest BCUT2D eigenvalue weighted by Crippen LogP contribution is 2.26. The van der Waals surface area contributed by atoms with Gasteiger partial charge < -0.3 is 15.2 Å². The minimum Gasteiger partial charge on any atom is -0.493 e. The summed E-state index contributed by atoms with van der Waals surface area (Å²) in [5, 5.41) is 0. The lowest BCUT2D eigenvalue weighted by molar-refractivity contribution is -0.0391. The lowest BCUT2D eigenvalue weighted by Crippen LogP contribution is -2.43. The molecule has 0 radical (unpaired) electrons. The first-order valence-corrected chi connectivity index (χ1v) is 7.16. The van der Waals surface area contributed by atoms with E-state index in [-0.39, 0.29) is 0 Å². The van der Waals surface area contributed by atoms with E-state index in [1.54, 1.807) is 0 Å². The van der Waals surface area contributed by atoms with Crippen LogP contribution in [0.15, 0.2) is 24.3 Å². The predicted octanol–water partition coefficient (Wildman–Crippen LogP) is 1.90. The van der Waals surface area contributed by atoms with Gasteiger partial charge >= 0.3 is 0 Å². The molecule has 19 heavy (non-hydrogen) atoms. The first-order chi connectivity index (χ1) is 9.29. The minimum atomic E-state index is 0.480. The van der Waals surface area contributed by atoms with Crippen LogP contribution in [0.25, 0.3) is 0 Å². The highest BCUT2D eigenvalue weighted by molar-refractivity contribution is 5.43. The zero-order chi connectivity index (χ0) is 13.1. The molecule has 2 atom stereocenters. The van der Waals surface area contributed by atoms with Crippen molar-refractivity contribution in [3.05, 3.63) is 24.3 Å². The van der Waals surface area contributed by atoms with Crippen molar-refractivity contribution in [2.45, 2.75) is 31.5 Å². The van der Waals surface area contributed by atoms with Crippen LogP contribution in [0.2, 0.25) is 0 Å². The summed E-state index contributed by atoms with van der Waals surface area (Å²) in [6.07, 6.45) is 4.48. The molecule has 4 heteroatoms. The zero-order valence-corrected chi connectivity index (χ0v) is 11.3. The standard InChI is InChI=1S/C15H22N2O2/c16-12-3-1-4-13(9-12)18-8-2-7-17-10-14-5-6-15(11-17)19-14/h1,3-4,9,14-15H,2,5-8,10-11,16H2. The van der Waals surface area contributed by atoms with Crippen LogP contribution in [0.3, 0.4) is 0 Å². The topological polar surface area (TPSA) is 47.7 Å². The molecule has 0 spiro atoms. The highest BCUT2D eigenvalue weighted by Gasteiger charge is 2.33. The SMILES string of the molecule is Nc1cccc(OCCCN2CC3CCC(C2)O3)c1. The average Bonchev–Trinajstić information content (AvgIpc) is 2.74. The van der Waals surface area contributed by atoms with Crippen LogP contribution in [0.1, 0.15) is 19.3 Å². The van der Waals surface area contributed by atoms with Gasteiger partial charge in [0.25, 0.3) is 0 Å². The number of nitrogen functional groups attached to an aromatic ring is 1. The number of nitrogens with zero attached hydrogens (tertiary/aromatic N) is 1. The Bertz CT molecular complexity index is 412. The van der Waals surface area contributed by atoms with Crippen LogP contribution in [0.5, 0.6) is 5.75 Å². The van der Waals surface area contributed by atoms with E-state index in [1.807, 2.05) is 24.3 Å². The van der Waals surface area contributed by atoms with E-state index in [1.165, 1.54) is 12.8 Å². The Hall–Kier alpha value is -1.26.